The van der Waals surface area contributed by atoms with Crippen molar-refractivity contribution < 1.29 is 14.5 Å². The highest BCUT2D eigenvalue weighted by molar-refractivity contribution is 5.92. The topological polar surface area (TPSA) is 113 Å². The summed E-state index contributed by atoms with van der Waals surface area (Å²) >= 11 is 0. The molecule has 2 heterocycles. The number of carbonyl (C=O) groups excluding carboxylic acids is 1. The Morgan fingerprint density at radius 3 is 2.67 bits per heavy atom. The number of anilines is 1. The molecule has 9 heteroatoms. The normalized spacial score (nSPS) is 14.9. The summed E-state index contributed by atoms with van der Waals surface area (Å²) in [5, 5.41) is 19.7. The quantitative estimate of drug-likeness (QED) is 0.259. The molecular weight excluding hydrogens is 314 g/mol. The molecule has 126 valence electrons. The molecule has 9 nitrogen and oxygen atoms in total. The van der Waals surface area contributed by atoms with Crippen molar-refractivity contribution in [3.05, 3.63) is 40.2 Å². The number of nitriles is 1. The minimum absolute atomic E-state index is 0.0289. The number of hydrogen-bond acceptors (Lipinski definition) is 8. The summed E-state index contributed by atoms with van der Waals surface area (Å²) in [6, 6.07) is 4.88. The van der Waals surface area contributed by atoms with Gasteiger partial charge in [-0.3, -0.25) is 10.1 Å². The van der Waals surface area contributed by atoms with Crippen molar-refractivity contribution in [1.82, 2.24) is 9.88 Å². The van der Waals surface area contributed by atoms with Crippen molar-refractivity contribution >= 4 is 17.5 Å². The molecule has 0 aromatic carbocycles. The molecule has 0 amide bonds. The Morgan fingerprint density at radius 2 is 2.17 bits per heavy atom. The van der Waals surface area contributed by atoms with E-state index in [1.807, 2.05) is 15.9 Å². The van der Waals surface area contributed by atoms with Crippen molar-refractivity contribution in [2.24, 2.45) is 0 Å². The van der Waals surface area contributed by atoms with Crippen molar-refractivity contribution in [3.63, 3.8) is 0 Å². The molecule has 0 atom stereocenters. The Bertz CT molecular complexity index is 672. The van der Waals surface area contributed by atoms with Crippen LogP contribution in [0.4, 0.5) is 11.5 Å². The molecule has 1 aromatic rings. The molecule has 0 aliphatic carbocycles. The molecule has 1 saturated heterocycles. The fourth-order valence-electron chi connectivity index (χ4n) is 2.27. The van der Waals surface area contributed by atoms with Gasteiger partial charge in [0.05, 0.1) is 11.5 Å². The Balaban J connectivity index is 1.96. The van der Waals surface area contributed by atoms with Gasteiger partial charge >= 0.3 is 5.97 Å². The summed E-state index contributed by atoms with van der Waals surface area (Å²) in [5.74, 6) is 0.0367. The first-order valence-corrected chi connectivity index (χ1v) is 7.43. The van der Waals surface area contributed by atoms with E-state index in [-0.39, 0.29) is 17.9 Å². The Morgan fingerprint density at radius 1 is 1.46 bits per heavy atom. The van der Waals surface area contributed by atoms with Crippen molar-refractivity contribution in [2.75, 3.05) is 37.7 Å². The first kappa shape index (κ1) is 17.2. The molecular formula is C15H17N5O4. The van der Waals surface area contributed by atoms with Crippen LogP contribution in [0.2, 0.25) is 0 Å². The van der Waals surface area contributed by atoms with E-state index in [1.54, 1.807) is 13.0 Å². The van der Waals surface area contributed by atoms with E-state index in [2.05, 4.69) is 4.98 Å². The monoisotopic (exact) mass is 331 g/mol. The molecule has 24 heavy (non-hydrogen) atoms. The van der Waals surface area contributed by atoms with Crippen LogP contribution in [0.3, 0.4) is 0 Å². The van der Waals surface area contributed by atoms with Crippen LogP contribution < -0.4 is 4.90 Å². The zero-order valence-electron chi connectivity index (χ0n) is 13.2. The summed E-state index contributed by atoms with van der Waals surface area (Å²) < 4.78 is 4.83. The average Bonchev–Trinajstić information content (AvgIpc) is 2.60. The highest BCUT2D eigenvalue weighted by atomic mass is 16.6. The van der Waals surface area contributed by atoms with Gasteiger partial charge in [-0.2, -0.15) is 5.26 Å². The van der Waals surface area contributed by atoms with Gasteiger partial charge in [-0.05, 0) is 13.0 Å². The van der Waals surface area contributed by atoms with Crippen molar-refractivity contribution in [2.45, 2.75) is 6.92 Å². The number of nitrogens with zero attached hydrogens (tertiary/aromatic N) is 5. The standard InChI is InChI=1S/C15H17N5O4/c1-2-24-15(21)12(9-16)11-18-5-7-19(8-6-18)14-4-3-13(10-17-14)20(22)23/h3-4,10-11H,2,5-8H2,1H3. The zero-order valence-corrected chi connectivity index (χ0v) is 13.2. The Labute approximate surface area is 138 Å². The van der Waals surface area contributed by atoms with Gasteiger partial charge in [0.2, 0.25) is 0 Å². The molecule has 0 bridgehead atoms. The van der Waals surface area contributed by atoms with E-state index < -0.39 is 10.9 Å². The highest BCUT2D eigenvalue weighted by Crippen LogP contribution is 2.17. The minimum atomic E-state index is -0.625. The van der Waals surface area contributed by atoms with Crippen LogP contribution in [0.1, 0.15) is 6.92 Å². The lowest BCUT2D eigenvalue weighted by Crippen LogP contribution is -2.44. The Kier molecular flexibility index (Phi) is 5.68. The summed E-state index contributed by atoms with van der Waals surface area (Å²) in [6.07, 6.45) is 2.74. The van der Waals surface area contributed by atoms with Gasteiger partial charge in [0.25, 0.3) is 5.69 Å². The molecule has 0 radical (unpaired) electrons. The maximum absolute atomic E-state index is 11.6. The van der Waals surface area contributed by atoms with Gasteiger partial charge in [0, 0.05) is 38.4 Å². The lowest BCUT2D eigenvalue weighted by atomic mass is 10.2. The predicted octanol–water partition coefficient (Wildman–Crippen LogP) is 1.08. The van der Waals surface area contributed by atoms with Crippen LogP contribution in [0.5, 0.6) is 0 Å². The number of pyridine rings is 1. The van der Waals surface area contributed by atoms with Gasteiger partial charge in [-0.15, -0.1) is 0 Å². The third kappa shape index (κ3) is 4.19. The average molecular weight is 331 g/mol. The van der Waals surface area contributed by atoms with Crippen LogP contribution in [0.15, 0.2) is 30.1 Å². The fraction of sp³-hybridized carbons (Fsp3) is 0.400. The Hall–Kier alpha value is -3.15. The highest BCUT2D eigenvalue weighted by Gasteiger charge is 2.19. The van der Waals surface area contributed by atoms with E-state index in [0.717, 1.165) is 0 Å². The second kappa shape index (κ2) is 7.92. The predicted molar refractivity (Wildman–Crippen MR) is 85.0 cm³/mol. The minimum Gasteiger partial charge on any atom is -0.462 e. The molecule has 0 spiro atoms. The second-order valence-electron chi connectivity index (χ2n) is 5.03. The number of hydrogen-bond donors (Lipinski definition) is 0. The third-order valence-electron chi connectivity index (χ3n) is 3.51. The first-order valence-electron chi connectivity index (χ1n) is 7.43. The number of ether oxygens (including phenoxy) is 1. The molecule has 0 saturated carbocycles. The molecule has 1 aliphatic rings. The van der Waals surface area contributed by atoms with Crippen LogP contribution in [-0.4, -0.2) is 53.6 Å². The van der Waals surface area contributed by atoms with Crippen LogP contribution in [0.25, 0.3) is 0 Å². The van der Waals surface area contributed by atoms with Crippen molar-refractivity contribution in [1.29, 1.82) is 5.26 Å². The zero-order chi connectivity index (χ0) is 17.5. The lowest BCUT2D eigenvalue weighted by molar-refractivity contribution is -0.385. The number of esters is 1. The van der Waals surface area contributed by atoms with E-state index in [9.17, 15) is 14.9 Å². The van der Waals surface area contributed by atoms with Gasteiger partial charge in [0.15, 0.2) is 5.57 Å². The molecule has 1 fully saturated rings. The van der Waals surface area contributed by atoms with E-state index in [0.29, 0.717) is 32.0 Å². The summed E-state index contributed by atoms with van der Waals surface area (Å²) in [4.78, 5) is 29.7. The molecule has 0 N–H and O–H groups in total. The van der Waals surface area contributed by atoms with Gasteiger partial charge in [0.1, 0.15) is 18.1 Å². The van der Waals surface area contributed by atoms with Gasteiger partial charge < -0.3 is 14.5 Å². The number of carbonyl (C=O) groups is 1. The largest absolute Gasteiger partial charge is 0.462 e. The fourth-order valence-corrected chi connectivity index (χ4v) is 2.27. The molecule has 2 rings (SSSR count). The third-order valence-corrected chi connectivity index (χ3v) is 3.51. The van der Waals surface area contributed by atoms with Crippen LogP contribution in [0, 0.1) is 21.4 Å². The molecule has 1 aromatic heterocycles. The van der Waals surface area contributed by atoms with E-state index >= 15 is 0 Å². The van der Waals surface area contributed by atoms with Gasteiger partial charge in [-0.25, -0.2) is 9.78 Å². The summed E-state index contributed by atoms with van der Waals surface area (Å²) in [6.45, 7) is 4.36. The molecule has 0 unspecified atom stereocenters. The summed E-state index contributed by atoms with van der Waals surface area (Å²) in [7, 11) is 0. The lowest BCUT2D eigenvalue weighted by Gasteiger charge is -2.34. The SMILES string of the molecule is CCOC(=O)C(C#N)=CN1CCN(c2ccc([N+](=O)[O-])cn2)CC1. The van der Waals surface area contributed by atoms with Crippen LogP contribution >= 0.6 is 0 Å². The van der Waals surface area contributed by atoms with Crippen molar-refractivity contribution in [3.8, 4) is 6.07 Å². The number of piperazine rings is 1. The van der Waals surface area contributed by atoms with E-state index in [4.69, 9.17) is 10.00 Å². The summed E-state index contributed by atoms with van der Waals surface area (Å²) in [5.41, 5.74) is -0.0767. The smallest absolute Gasteiger partial charge is 0.350 e. The first-order chi connectivity index (χ1) is 11.5. The van der Waals surface area contributed by atoms with E-state index in [1.165, 1.54) is 18.5 Å². The van der Waals surface area contributed by atoms with Gasteiger partial charge in [-0.1, -0.05) is 0 Å². The van der Waals surface area contributed by atoms with Crippen LogP contribution in [-0.2, 0) is 9.53 Å². The number of aromatic nitrogens is 1. The maximum Gasteiger partial charge on any atom is 0.350 e. The second-order valence-corrected chi connectivity index (χ2v) is 5.03. The molecule has 1 aliphatic heterocycles. The number of nitro groups is 1. The number of rotatable bonds is 5. The maximum atomic E-state index is 11.6.